The smallest absolute Gasteiger partial charge is 0.258 e. The molecule has 1 aliphatic rings. The standard InChI is InChI=1S/C24H32N2O3S/c1-4-5-16-29-21-12-8-11-19-18(21)17-30-22-13-7-6-10-20(22)24(19,23(27)25-28)14-9-15-26(2)3/h6-8,10-13,28H,4-5,9,14-17H2,1-3H3,(H,25,27). The number of amides is 1. The fraction of sp³-hybridized carbons (Fsp3) is 0.458. The lowest BCUT2D eigenvalue weighted by atomic mass is 9.69. The second kappa shape index (κ2) is 10.3. The van der Waals surface area contributed by atoms with Gasteiger partial charge in [0.05, 0.1) is 6.61 Å². The second-order valence-electron chi connectivity index (χ2n) is 8.02. The van der Waals surface area contributed by atoms with E-state index in [0.29, 0.717) is 13.0 Å². The van der Waals surface area contributed by atoms with Crippen LogP contribution in [0.1, 0.15) is 49.3 Å². The average Bonchev–Trinajstić information content (AvgIpc) is 2.89. The maximum Gasteiger partial charge on any atom is 0.258 e. The lowest BCUT2D eigenvalue weighted by Crippen LogP contribution is -2.45. The van der Waals surface area contributed by atoms with Gasteiger partial charge in [0.1, 0.15) is 11.2 Å². The summed E-state index contributed by atoms with van der Waals surface area (Å²) in [5.41, 5.74) is 3.95. The highest BCUT2D eigenvalue weighted by Gasteiger charge is 2.46. The fourth-order valence-electron chi connectivity index (χ4n) is 4.20. The summed E-state index contributed by atoms with van der Waals surface area (Å²) in [4.78, 5) is 16.6. The van der Waals surface area contributed by atoms with Crippen molar-refractivity contribution in [1.29, 1.82) is 0 Å². The topological polar surface area (TPSA) is 61.8 Å². The van der Waals surface area contributed by atoms with Crippen LogP contribution in [0.2, 0.25) is 0 Å². The zero-order valence-corrected chi connectivity index (χ0v) is 18.9. The molecule has 2 aromatic carbocycles. The molecule has 162 valence electrons. The van der Waals surface area contributed by atoms with E-state index in [0.717, 1.165) is 58.9 Å². The first kappa shape index (κ1) is 22.7. The van der Waals surface area contributed by atoms with Gasteiger partial charge in [0.2, 0.25) is 0 Å². The van der Waals surface area contributed by atoms with Crippen LogP contribution in [0, 0.1) is 0 Å². The van der Waals surface area contributed by atoms with Crippen LogP contribution < -0.4 is 10.2 Å². The van der Waals surface area contributed by atoms with E-state index < -0.39 is 5.41 Å². The highest BCUT2D eigenvalue weighted by atomic mass is 32.2. The molecule has 30 heavy (non-hydrogen) atoms. The molecule has 0 aliphatic carbocycles. The SMILES string of the molecule is CCCCOc1cccc2c1CSc1ccccc1C2(CCCN(C)C)C(=O)NO. The number of benzene rings is 2. The van der Waals surface area contributed by atoms with E-state index in [4.69, 9.17) is 4.74 Å². The summed E-state index contributed by atoms with van der Waals surface area (Å²) in [7, 11) is 4.06. The first-order valence-corrected chi connectivity index (χ1v) is 11.6. The van der Waals surface area contributed by atoms with Crippen molar-refractivity contribution >= 4 is 17.7 Å². The number of thioether (sulfide) groups is 1. The Morgan fingerprint density at radius 3 is 2.67 bits per heavy atom. The molecule has 1 heterocycles. The predicted octanol–water partition coefficient (Wildman–Crippen LogP) is 4.60. The van der Waals surface area contributed by atoms with Crippen LogP contribution in [-0.4, -0.2) is 43.3 Å². The van der Waals surface area contributed by atoms with Crippen molar-refractivity contribution in [1.82, 2.24) is 10.4 Å². The quantitative estimate of drug-likeness (QED) is 0.347. The summed E-state index contributed by atoms with van der Waals surface area (Å²) in [6.07, 6.45) is 3.47. The van der Waals surface area contributed by atoms with Gasteiger partial charge in [0.25, 0.3) is 5.91 Å². The molecule has 1 amide bonds. The minimum Gasteiger partial charge on any atom is -0.493 e. The number of ether oxygens (including phenoxy) is 1. The minimum absolute atomic E-state index is 0.386. The van der Waals surface area contributed by atoms with Gasteiger partial charge < -0.3 is 9.64 Å². The van der Waals surface area contributed by atoms with E-state index in [1.165, 1.54) is 0 Å². The van der Waals surface area contributed by atoms with Gasteiger partial charge in [-0.15, -0.1) is 11.8 Å². The van der Waals surface area contributed by atoms with Crippen LogP contribution >= 0.6 is 11.8 Å². The molecular weight excluding hydrogens is 396 g/mol. The minimum atomic E-state index is -0.968. The van der Waals surface area contributed by atoms with Crippen LogP contribution in [0.3, 0.4) is 0 Å². The van der Waals surface area contributed by atoms with E-state index in [1.807, 2.05) is 56.0 Å². The number of nitrogens with zero attached hydrogens (tertiary/aromatic N) is 1. The monoisotopic (exact) mass is 428 g/mol. The van der Waals surface area contributed by atoms with Gasteiger partial charge in [-0.05, 0) is 63.2 Å². The molecule has 2 N–H and O–H groups in total. The largest absolute Gasteiger partial charge is 0.493 e. The molecule has 1 aliphatic heterocycles. The molecule has 0 saturated carbocycles. The van der Waals surface area contributed by atoms with Gasteiger partial charge in [-0.25, -0.2) is 5.48 Å². The number of hydroxylamine groups is 1. The predicted molar refractivity (Wildman–Crippen MR) is 121 cm³/mol. The number of carbonyl (C=O) groups is 1. The normalized spacial score (nSPS) is 17.8. The zero-order valence-electron chi connectivity index (χ0n) is 18.1. The first-order chi connectivity index (χ1) is 14.5. The zero-order chi connectivity index (χ0) is 21.6. The maximum atomic E-state index is 13.4. The van der Waals surface area contributed by atoms with Crippen LogP contribution in [0.4, 0.5) is 0 Å². The maximum absolute atomic E-state index is 13.4. The van der Waals surface area contributed by atoms with Crippen LogP contribution in [0.5, 0.6) is 5.75 Å². The Kier molecular flexibility index (Phi) is 7.81. The lowest BCUT2D eigenvalue weighted by Gasteiger charge is -2.34. The summed E-state index contributed by atoms with van der Waals surface area (Å²) in [5.74, 6) is 1.18. The molecule has 0 bridgehead atoms. The molecule has 0 aromatic heterocycles. The Balaban J connectivity index is 2.17. The summed E-state index contributed by atoms with van der Waals surface area (Å²) >= 11 is 1.72. The Bertz CT molecular complexity index is 871. The van der Waals surface area contributed by atoms with Crippen LogP contribution in [0.25, 0.3) is 0 Å². The number of rotatable bonds is 9. The molecule has 3 rings (SSSR count). The molecule has 6 heteroatoms. The number of carbonyl (C=O) groups excluding carboxylic acids is 1. The van der Waals surface area contributed by atoms with Gasteiger partial charge in [-0.1, -0.05) is 43.7 Å². The van der Waals surface area contributed by atoms with Crippen molar-refractivity contribution in [3.8, 4) is 5.75 Å². The Labute approximate surface area is 183 Å². The van der Waals surface area contributed by atoms with Crippen LogP contribution in [0.15, 0.2) is 47.4 Å². The summed E-state index contributed by atoms with van der Waals surface area (Å²) in [5, 5.41) is 9.80. The van der Waals surface area contributed by atoms with Gasteiger partial charge in [-0.3, -0.25) is 10.0 Å². The molecule has 0 fully saturated rings. The molecule has 0 spiro atoms. The molecule has 1 unspecified atom stereocenters. The number of unbranched alkanes of at least 4 members (excludes halogenated alkanes) is 1. The number of fused-ring (bicyclic) bond motifs is 2. The number of hydrogen-bond acceptors (Lipinski definition) is 5. The van der Waals surface area contributed by atoms with Crippen molar-refractivity contribution in [2.75, 3.05) is 27.2 Å². The highest BCUT2D eigenvalue weighted by Crippen LogP contribution is 2.49. The van der Waals surface area contributed by atoms with Crippen molar-refractivity contribution in [2.45, 2.75) is 48.7 Å². The van der Waals surface area contributed by atoms with Crippen molar-refractivity contribution < 1.29 is 14.7 Å². The Morgan fingerprint density at radius 2 is 1.93 bits per heavy atom. The number of nitrogens with one attached hydrogen (secondary N) is 1. The van der Waals surface area contributed by atoms with Crippen LogP contribution in [-0.2, 0) is 16.0 Å². The molecule has 1 atom stereocenters. The molecule has 5 nitrogen and oxygen atoms in total. The lowest BCUT2D eigenvalue weighted by molar-refractivity contribution is -0.134. The molecule has 0 radical (unpaired) electrons. The third-order valence-corrected chi connectivity index (χ3v) is 6.81. The summed E-state index contributed by atoms with van der Waals surface area (Å²) < 4.78 is 6.13. The van der Waals surface area contributed by atoms with E-state index in [2.05, 4.69) is 17.9 Å². The number of hydrogen-bond donors (Lipinski definition) is 2. The van der Waals surface area contributed by atoms with Crippen molar-refractivity contribution in [3.05, 3.63) is 59.2 Å². The van der Waals surface area contributed by atoms with E-state index in [1.54, 1.807) is 11.8 Å². The average molecular weight is 429 g/mol. The fourth-order valence-corrected chi connectivity index (χ4v) is 5.37. The van der Waals surface area contributed by atoms with Gasteiger partial charge in [0, 0.05) is 16.2 Å². The Morgan fingerprint density at radius 1 is 1.17 bits per heavy atom. The van der Waals surface area contributed by atoms with Gasteiger partial charge >= 0.3 is 0 Å². The molecule has 2 aromatic rings. The van der Waals surface area contributed by atoms with E-state index >= 15 is 0 Å². The van der Waals surface area contributed by atoms with Crippen molar-refractivity contribution in [3.63, 3.8) is 0 Å². The van der Waals surface area contributed by atoms with E-state index in [9.17, 15) is 10.0 Å². The molecular formula is C24H32N2O3S. The molecule has 0 saturated heterocycles. The van der Waals surface area contributed by atoms with Gasteiger partial charge in [-0.2, -0.15) is 0 Å². The highest BCUT2D eigenvalue weighted by molar-refractivity contribution is 7.98. The van der Waals surface area contributed by atoms with Crippen molar-refractivity contribution in [2.24, 2.45) is 0 Å². The Hall–Kier alpha value is -2.02. The first-order valence-electron chi connectivity index (χ1n) is 10.6. The summed E-state index contributed by atoms with van der Waals surface area (Å²) in [6.45, 7) is 3.66. The third kappa shape index (κ3) is 4.51. The third-order valence-electron chi connectivity index (χ3n) is 5.71. The van der Waals surface area contributed by atoms with Gasteiger partial charge in [0.15, 0.2) is 0 Å². The van der Waals surface area contributed by atoms with E-state index in [-0.39, 0.29) is 5.91 Å². The summed E-state index contributed by atoms with van der Waals surface area (Å²) in [6, 6.07) is 14.0. The second-order valence-corrected chi connectivity index (χ2v) is 9.04.